The summed E-state index contributed by atoms with van der Waals surface area (Å²) in [7, 11) is 3.23. The van der Waals surface area contributed by atoms with Crippen molar-refractivity contribution in [1.82, 2.24) is 19.3 Å². The summed E-state index contributed by atoms with van der Waals surface area (Å²) in [5.41, 5.74) is 6.47. The van der Waals surface area contributed by atoms with Crippen LogP contribution in [0.1, 0.15) is 61.6 Å². The summed E-state index contributed by atoms with van der Waals surface area (Å²) in [5, 5.41) is 8.56. The van der Waals surface area contributed by atoms with Crippen molar-refractivity contribution in [2.24, 2.45) is 17.1 Å². The van der Waals surface area contributed by atoms with Gasteiger partial charge in [-0.2, -0.15) is 0 Å². The molecule has 0 unspecified atom stereocenters. The molecule has 0 saturated heterocycles. The van der Waals surface area contributed by atoms with Crippen LogP contribution in [0.15, 0.2) is 47.7 Å². The Balaban J connectivity index is 0.000000296. The van der Waals surface area contributed by atoms with Crippen molar-refractivity contribution in [2.75, 3.05) is 14.2 Å². The first-order valence-corrected chi connectivity index (χ1v) is 13.6. The van der Waals surface area contributed by atoms with Gasteiger partial charge in [-0.15, -0.1) is 0 Å². The molecule has 214 valence electrons. The van der Waals surface area contributed by atoms with Crippen LogP contribution in [0.25, 0.3) is 16.9 Å². The zero-order valence-corrected chi connectivity index (χ0v) is 23.4. The second kappa shape index (κ2) is 12.3. The molecule has 2 fully saturated rings. The van der Waals surface area contributed by atoms with Crippen molar-refractivity contribution in [3.05, 3.63) is 70.0 Å². The molecule has 1 amide bonds. The number of alkyl halides is 2. The number of nitrogens with zero attached hydrogens (tertiary/aromatic N) is 3. The van der Waals surface area contributed by atoms with E-state index in [0.717, 1.165) is 22.9 Å². The highest BCUT2D eigenvalue weighted by Gasteiger charge is 2.49. The summed E-state index contributed by atoms with van der Waals surface area (Å²) in [6.07, 6.45) is 7.92. The van der Waals surface area contributed by atoms with E-state index in [2.05, 4.69) is 14.7 Å². The lowest BCUT2D eigenvalue weighted by atomic mass is 9.52. The number of amides is 1. The molecule has 3 aromatic rings. The average Bonchev–Trinajstić information content (AvgIpc) is 2.87. The summed E-state index contributed by atoms with van der Waals surface area (Å²) >= 11 is 1.48. The summed E-state index contributed by atoms with van der Waals surface area (Å²) in [4.78, 5) is 31.9. The molecule has 1 spiro atoms. The monoisotopic (exact) mass is 572 g/mol. The number of pyridine rings is 3. The fourth-order valence-electron chi connectivity index (χ4n) is 5.16. The van der Waals surface area contributed by atoms with E-state index in [1.165, 1.54) is 80.3 Å². The Hall–Kier alpha value is -3.64. The third kappa shape index (κ3) is 6.23. The third-order valence-corrected chi connectivity index (χ3v) is 8.21. The molecule has 2 aliphatic rings. The molecular weight excluding hydrogens is 538 g/mol. The second-order valence-electron chi connectivity index (χ2n) is 10.1. The molecule has 0 bridgehead atoms. The van der Waals surface area contributed by atoms with E-state index in [9.17, 15) is 18.4 Å². The first-order chi connectivity index (χ1) is 19.1. The Bertz CT molecular complexity index is 1470. The van der Waals surface area contributed by atoms with Crippen LogP contribution in [-0.2, 0) is 0 Å². The van der Waals surface area contributed by atoms with Gasteiger partial charge in [0.25, 0.3) is 17.9 Å². The van der Waals surface area contributed by atoms with E-state index < -0.39 is 18.0 Å². The van der Waals surface area contributed by atoms with Crippen LogP contribution in [0.4, 0.5) is 8.78 Å². The predicted octanol–water partition coefficient (Wildman–Crippen LogP) is 5.31. The molecule has 9 nitrogen and oxygen atoms in total. The maximum atomic E-state index is 13.1. The maximum Gasteiger partial charge on any atom is 0.280 e. The van der Waals surface area contributed by atoms with Crippen molar-refractivity contribution < 1.29 is 19.7 Å². The van der Waals surface area contributed by atoms with Gasteiger partial charge in [0, 0.05) is 36.9 Å². The van der Waals surface area contributed by atoms with Gasteiger partial charge in [0.05, 0.1) is 23.9 Å². The number of ether oxygens (including phenoxy) is 1. The quantitative estimate of drug-likeness (QED) is 0.198. The Morgan fingerprint density at radius 3 is 2.52 bits per heavy atom. The van der Waals surface area contributed by atoms with Crippen LogP contribution in [0.3, 0.4) is 0 Å². The highest BCUT2D eigenvalue weighted by molar-refractivity contribution is 8.12. The van der Waals surface area contributed by atoms with E-state index in [0.29, 0.717) is 11.3 Å². The minimum atomic E-state index is -2.82. The van der Waals surface area contributed by atoms with E-state index in [1.807, 2.05) is 7.05 Å². The molecular formula is C28H34F2N6O3S. The van der Waals surface area contributed by atoms with E-state index in [4.69, 9.17) is 15.9 Å². The largest absolute Gasteiger partial charge is 0.494 e. The number of hydrogen-bond acceptors (Lipinski definition) is 8. The highest BCUT2D eigenvalue weighted by Crippen LogP contribution is 2.59. The molecule has 4 N–H and O–H groups in total. The number of carbonyl (C=O) groups is 1. The number of hydrogen-bond donors (Lipinski definition) is 3. The standard InChI is InChI=1S/C19H16F2N4O3.C9H16N2S.H2/c1-10-3-4-25(17(26)5-10)16-7-11(13(8-24-16)19(22)27)12-6-14(18(20)21)23-9-15(12)28-2;1-11-12-8(10)7-5-9(6-7)3-2-4-9;/h3-9,18H,1-2H3,(H2,22,27);7,10-11H,2-6H2,1H3;1H. The first-order valence-electron chi connectivity index (χ1n) is 12.8. The van der Waals surface area contributed by atoms with Crippen LogP contribution in [0, 0.1) is 23.7 Å². The summed E-state index contributed by atoms with van der Waals surface area (Å²) in [6.45, 7) is 1.77. The molecule has 3 heterocycles. The molecule has 12 heteroatoms. The van der Waals surface area contributed by atoms with E-state index >= 15 is 0 Å². The van der Waals surface area contributed by atoms with E-state index in [-0.39, 0.29) is 35.2 Å². The third-order valence-electron chi connectivity index (χ3n) is 7.45. The van der Waals surface area contributed by atoms with Crippen molar-refractivity contribution >= 4 is 22.9 Å². The summed E-state index contributed by atoms with van der Waals surface area (Å²) in [5.74, 6) is 0.147. The van der Waals surface area contributed by atoms with Gasteiger partial charge in [0.15, 0.2) is 0 Å². The smallest absolute Gasteiger partial charge is 0.280 e. The van der Waals surface area contributed by atoms with Crippen LogP contribution in [0.2, 0.25) is 0 Å². The Labute approximate surface area is 236 Å². The van der Waals surface area contributed by atoms with Gasteiger partial charge < -0.3 is 10.5 Å². The minimum absolute atomic E-state index is 0. The van der Waals surface area contributed by atoms with Crippen molar-refractivity contribution in [3.63, 3.8) is 0 Å². The Morgan fingerprint density at radius 1 is 1.25 bits per heavy atom. The number of methoxy groups -OCH3 is 1. The van der Waals surface area contributed by atoms with Crippen LogP contribution >= 0.6 is 11.9 Å². The number of nitrogens with one attached hydrogen (secondary N) is 2. The molecule has 3 aromatic heterocycles. The van der Waals surface area contributed by atoms with Crippen molar-refractivity contribution in [1.29, 1.82) is 5.41 Å². The average molecular weight is 573 g/mol. The van der Waals surface area contributed by atoms with Gasteiger partial charge in [-0.05, 0) is 80.8 Å². The maximum absolute atomic E-state index is 13.1. The molecule has 0 aromatic carbocycles. The molecule has 2 aliphatic carbocycles. The number of aryl methyl sites for hydroxylation is 1. The number of nitrogens with two attached hydrogens (primary N) is 1. The topological polar surface area (TPSA) is 136 Å². The molecule has 0 aliphatic heterocycles. The highest BCUT2D eigenvalue weighted by atomic mass is 32.2. The van der Waals surface area contributed by atoms with Gasteiger partial charge in [-0.3, -0.25) is 29.3 Å². The van der Waals surface area contributed by atoms with E-state index in [1.54, 1.807) is 13.0 Å². The Kier molecular flexibility index (Phi) is 8.99. The molecule has 0 atom stereocenters. The van der Waals surface area contributed by atoms with Gasteiger partial charge in [-0.25, -0.2) is 13.8 Å². The lowest BCUT2D eigenvalue weighted by Crippen LogP contribution is -2.45. The number of halogens is 2. The SMILES string of the molecule is CNSC(=N)C1CC2(CCC2)C1.COc1cnc(C(F)F)cc1-c1cc(-n2ccc(C)cc2=O)ncc1C(N)=O.[HH]. The van der Waals surface area contributed by atoms with Gasteiger partial charge in [-0.1, -0.05) is 6.42 Å². The number of aromatic nitrogens is 3. The van der Waals surface area contributed by atoms with Gasteiger partial charge >= 0.3 is 0 Å². The van der Waals surface area contributed by atoms with Crippen molar-refractivity contribution in [3.8, 4) is 22.7 Å². The van der Waals surface area contributed by atoms with Crippen LogP contribution in [-0.4, -0.2) is 39.6 Å². The van der Waals surface area contributed by atoms with Crippen LogP contribution < -0.4 is 20.8 Å². The second-order valence-corrected chi connectivity index (χ2v) is 11.2. The first kappa shape index (κ1) is 29.3. The minimum Gasteiger partial charge on any atom is -0.494 e. The number of primary amides is 1. The number of carbonyl (C=O) groups excluding carboxylic acids is 1. The molecule has 2 saturated carbocycles. The fraction of sp³-hybridized carbons (Fsp3) is 0.393. The summed E-state index contributed by atoms with van der Waals surface area (Å²) < 4.78 is 35.7. The lowest BCUT2D eigenvalue weighted by Gasteiger charge is -2.54. The zero-order chi connectivity index (χ0) is 29.0. The molecule has 40 heavy (non-hydrogen) atoms. The van der Waals surface area contributed by atoms with Gasteiger partial charge in [0.1, 0.15) is 17.3 Å². The lowest BCUT2D eigenvalue weighted by molar-refractivity contribution is 0.00459. The van der Waals surface area contributed by atoms with Crippen molar-refractivity contribution in [2.45, 2.75) is 45.5 Å². The van der Waals surface area contributed by atoms with Gasteiger partial charge in [0.2, 0.25) is 0 Å². The van der Waals surface area contributed by atoms with Crippen LogP contribution in [0.5, 0.6) is 5.75 Å². The predicted molar refractivity (Wildman–Crippen MR) is 153 cm³/mol. The summed E-state index contributed by atoms with van der Waals surface area (Å²) in [6, 6.07) is 5.68. The normalized spacial score (nSPS) is 15.6. The molecule has 5 rings (SSSR count). The zero-order valence-electron chi connectivity index (χ0n) is 22.5. The fourth-order valence-corrected chi connectivity index (χ4v) is 5.72. The Morgan fingerprint density at radius 2 is 1.98 bits per heavy atom. The molecule has 0 radical (unpaired) electrons. The number of rotatable bonds is 7.